The van der Waals surface area contributed by atoms with Crippen molar-refractivity contribution in [3.8, 4) is 0 Å². The van der Waals surface area contributed by atoms with Crippen molar-refractivity contribution < 1.29 is 19.2 Å². The third-order valence-electron chi connectivity index (χ3n) is 5.48. The highest BCUT2D eigenvalue weighted by atomic mass is 16.5. The fourth-order valence-electron chi connectivity index (χ4n) is 4.14. The van der Waals surface area contributed by atoms with E-state index in [0.717, 1.165) is 35.6 Å². The molecule has 0 spiro atoms. The average molecular weight is 357 g/mol. The lowest BCUT2D eigenvalue weighted by molar-refractivity contribution is 0.0758. The average Bonchev–Trinajstić information content (AvgIpc) is 3.27. The van der Waals surface area contributed by atoms with Crippen molar-refractivity contribution >= 4 is 11.7 Å². The zero-order valence-corrected chi connectivity index (χ0v) is 15.0. The van der Waals surface area contributed by atoms with Gasteiger partial charge in [-0.2, -0.15) is 0 Å². The number of carbonyl (C=O) groups excluding carboxylic acids is 2. The number of Topliss-reactive ketones (excluding diaryl/α,β-unsaturated/α-hetero) is 1. The molecule has 138 valence electrons. The molecular weight excluding hydrogens is 334 g/mol. The largest absolute Gasteiger partial charge is 0.391 e. The van der Waals surface area contributed by atoms with Gasteiger partial charge in [0.1, 0.15) is 11.5 Å². The third-order valence-corrected chi connectivity index (χ3v) is 5.48. The summed E-state index contributed by atoms with van der Waals surface area (Å²) in [4.78, 5) is 30.0. The maximum absolute atomic E-state index is 13.0. The maximum atomic E-state index is 13.0. The molecule has 2 aromatic heterocycles. The Kier molecular flexibility index (Phi) is 4.19. The Labute approximate surface area is 151 Å². The SMILES string of the molecule is Cc1cc(C[C@@H]2CN(C(=O)c3[nH]c4c(c3C)C(=O)CCC4)C[C@@H]2O)on1. The lowest BCUT2D eigenvalue weighted by Crippen LogP contribution is -2.30. The first-order chi connectivity index (χ1) is 12.4. The summed E-state index contributed by atoms with van der Waals surface area (Å²) >= 11 is 0. The van der Waals surface area contributed by atoms with Gasteiger partial charge in [-0.1, -0.05) is 5.16 Å². The Morgan fingerprint density at radius 1 is 1.38 bits per heavy atom. The summed E-state index contributed by atoms with van der Waals surface area (Å²) in [5.74, 6) is 0.592. The molecule has 7 nitrogen and oxygen atoms in total. The van der Waals surface area contributed by atoms with Crippen molar-refractivity contribution in [3.63, 3.8) is 0 Å². The highest BCUT2D eigenvalue weighted by molar-refractivity contribution is 6.04. The molecular formula is C19H23N3O4. The molecule has 0 aromatic carbocycles. The Bertz CT molecular complexity index is 866. The summed E-state index contributed by atoms with van der Waals surface area (Å²) < 4.78 is 5.23. The first kappa shape index (κ1) is 17.0. The van der Waals surface area contributed by atoms with E-state index < -0.39 is 6.10 Å². The van der Waals surface area contributed by atoms with Crippen LogP contribution < -0.4 is 0 Å². The van der Waals surface area contributed by atoms with Crippen molar-refractivity contribution in [1.82, 2.24) is 15.0 Å². The zero-order chi connectivity index (χ0) is 18.4. The Morgan fingerprint density at radius 2 is 2.19 bits per heavy atom. The Morgan fingerprint density at radius 3 is 2.88 bits per heavy atom. The van der Waals surface area contributed by atoms with Crippen LogP contribution in [0.3, 0.4) is 0 Å². The van der Waals surface area contributed by atoms with Crippen LogP contribution in [-0.4, -0.2) is 51.0 Å². The van der Waals surface area contributed by atoms with Gasteiger partial charge in [-0.25, -0.2) is 0 Å². The van der Waals surface area contributed by atoms with E-state index in [-0.39, 0.29) is 24.2 Å². The predicted molar refractivity (Wildman–Crippen MR) is 93.1 cm³/mol. The number of nitrogens with zero attached hydrogens (tertiary/aromatic N) is 2. The highest BCUT2D eigenvalue weighted by Crippen LogP contribution is 2.29. The third kappa shape index (κ3) is 2.86. The minimum absolute atomic E-state index is 0.0853. The molecule has 1 amide bonds. The lowest BCUT2D eigenvalue weighted by Gasteiger charge is -2.15. The van der Waals surface area contributed by atoms with Gasteiger partial charge in [-0.15, -0.1) is 0 Å². The Balaban J connectivity index is 1.52. The second kappa shape index (κ2) is 6.39. The molecule has 0 bridgehead atoms. The fraction of sp³-hybridized carbons (Fsp3) is 0.526. The minimum Gasteiger partial charge on any atom is -0.391 e. The second-order valence-corrected chi connectivity index (χ2v) is 7.43. The number of β-amino-alcohol motifs (C(OH)–C–C–N with tert-alkyl or cyclic N) is 1. The van der Waals surface area contributed by atoms with Crippen molar-refractivity contribution in [1.29, 1.82) is 0 Å². The molecule has 2 atom stereocenters. The van der Waals surface area contributed by atoms with Crippen LogP contribution in [0.25, 0.3) is 0 Å². The van der Waals surface area contributed by atoms with Gasteiger partial charge in [-0.05, 0) is 32.3 Å². The van der Waals surface area contributed by atoms with Crippen LogP contribution in [0.15, 0.2) is 10.6 Å². The van der Waals surface area contributed by atoms with E-state index in [2.05, 4.69) is 10.1 Å². The number of aryl methyl sites for hydroxylation is 2. The van der Waals surface area contributed by atoms with E-state index in [1.807, 2.05) is 19.9 Å². The number of rotatable bonds is 3. The summed E-state index contributed by atoms with van der Waals surface area (Å²) in [6, 6.07) is 1.85. The number of nitrogens with one attached hydrogen (secondary N) is 1. The van der Waals surface area contributed by atoms with Gasteiger partial charge in [0, 0.05) is 49.2 Å². The first-order valence-corrected chi connectivity index (χ1v) is 9.08. The molecule has 1 fully saturated rings. The van der Waals surface area contributed by atoms with Gasteiger partial charge in [0.05, 0.1) is 11.8 Å². The number of aromatic amines is 1. The number of aromatic nitrogens is 2. The number of fused-ring (bicyclic) bond motifs is 1. The number of hydrogen-bond donors (Lipinski definition) is 2. The molecule has 2 aliphatic rings. The maximum Gasteiger partial charge on any atom is 0.270 e. The summed E-state index contributed by atoms with van der Waals surface area (Å²) in [6.07, 6.45) is 2.10. The van der Waals surface area contributed by atoms with Crippen LogP contribution in [0.1, 0.15) is 56.4 Å². The van der Waals surface area contributed by atoms with Gasteiger partial charge in [0.25, 0.3) is 5.91 Å². The first-order valence-electron chi connectivity index (χ1n) is 9.08. The van der Waals surface area contributed by atoms with Crippen LogP contribution in [0.5, 0.6) is 0 Å². The molecule has 2 aromatic rings. The summed E-state index contributed by atoms with van der Waals surface area (Å²) in [5.41, 5.74) is 3.58. The number of amides is 1. The number of carbonyl (C=O) groups is 2. The van der Waals surface area contributed by atoms with Crippen molar-refractivity contribution in [3.05, 3.63) is 40.0 Å². The minimum atomic E-state index is -0.601. The van der Waals surface area contributed by atoms with Crippen molar-refractivity contribution in [2.75, 3.05) is 13.1 Å². The highest BCUT2D eigenvalue weighted by Gasteiger charge is 2.37. The fourth-order valence-corrected chi connectivity index (χ4v) is 4.14. The van der Waals surface area contributed by atoms with E-state index in [9.17, 15) is 14.7 Å². The molecule has 0 radical (unpaired) electrons. The van der Waals surface area contributed by atoms with Crippen molar-refractivity contribution in [2.45, 2.75) is 45.6 Å². The molecule has 3 heterocycles. The quantitative estimate of drug-likeness (QED) is 0.873. The molecule has 1 aliphatic carbocycles. The number of aliphatic hydroxyl groups is 1. The Hall–Kier alpha value is -2.41. The van der Waals surface area contributed by atoms with E-state index in [1.54, 1.807) is 4.90 Å². The van der Waals surface area contributed by atoms with Crippen LogP contribution in [0.2, 0.25) is 0 Å². The molecule has 1 saturated heterocycles. The molecule has 0 unspecified atom stereocenters. The number of ketones is 1. The van der Waals surface area contributed by atoms with E-state index in [4.69, 9.17) is 4.52 Å². The smallest absolute Gasteiger partial charge is 0.270 e. The van der Waals surface area contributed by atoms with Gasteiger partial charge in [0.15, 0.2) is 5.78 Å². The topological polar surface area (TPSA) is 99.4 Å². The van der Waals surface area contributed by atoms with Crippen LogP contribution in [0, 0.1) is 19.8 Å². The molecule has 1 aliphatic heterocycles. The number of hydrogen-bond acceptors (Lipinski definition) is 5. The van der Waals surface area contributed by atoms with Gasteiger partial charge in [0.2, 0.25) is 0 Å². The normalized spacial score (nSPS) is 22.7. The summed E-state index contributed by atoms with van der Waals surface area (Å²) in [5, 5.41) is 14.2. The molecule has 26 heavy (non-hydrogen) atoms. The molecule has 4 rings (SSSR count). The van der Waals surface area contributed by atoms with Crippen molar-refractivity contribution in [2.24, 2.45) is 5.92 Å². The van der Waals surface area contributed by atoms with E-state index in [1.165, 1.54) is 0 Å². The number of H-pyrrole nitrogens is 1. The van der Waals surface area contributed by atoms with Crippen LogP contribution in [0.4, 0.5) is 0 Å². The van der Waals surface area contributed by atoms with E-state index in [0.29, 0.717) is 30.6 Å². The zero-order valence-electron chi connectivity index (χ0n) is 15.0. The van der Waals surface area contributed by atoms with Gasteiger partial charge in [-0.3, -0.25) is 9.59 Å². The van der Waals surface area contributed by atoms with Crippen LogP contribution >= 0.6 is 0 Å². The molecule has 2 N–H and O–H groups in total. The second-order valence-electron chi connectivity index (χ2n) is 7.43. The number of likely N-dealkylation sites (tertiary alicyclic amines) is 1. The molecule has 7 heteroatoms. The summed E-state index contributed by atoms with van der Waals surface area (Å²) in [6.45, 7) is 4.42. The summed E-state index contributed by atoms with van der Waals surface area (Å²) in [7, 11) is 0. The molecule has 0 saturated carbocycles. The number of aliphatic hydroxyl groups excluding tert-OH is 1. The monoisotopic (exact) mass is 357 g/mol. The van der Waals surface area contributed by atoms with Crippen LogP contribution in [-0.2, 0) is 12.8 Å². The van der Waals surface area contributed by atoms with Gasteiger partial charge < -0.3 is 19.5 Å². The van der Waals surface area contributed by atoms with E-state index >= 15 is 0 Å². The van der Waals surface area contributed by atoms with Gasteiger partial charge >= 0.3 is 0 Å². The standard InChI is InChI=1S/C19H23N3O4/c1-10-6-13(26-21-10)7-12-8-22(9-16(12)24)19(25)18-11(2)17-14(20-18)4-3-5-15(17)23/h6,12,16,20,24H,3-5,7-9H2,1-2H3/t12-,16+/m1/s1. The lowest BCUT2D eigenvalue weighted by atomic mass is 9.94. The predicted octanol–water partition coefficient (Wildman–Crippen LogP) is 1.81.